The number of Topliss-reactive ketones (excluding diaryl/α,β-unsaturated/α-hetero) is 1. The van der Waals surface area contributed by atoms with Gasteiger partial charge in [0.1, 0.15) is 5.82 Å². The lowest BCUT2D eigenvalue weighted by atomic mass is 10.1. The summed E-state index contributed by atoms with van der Waals surface area (Å²) >= 11 is 0. The van der Waals surface area contributed by atoms with Crippen molar-refractivity contribution in [1.29, 1.82) is 0 Å². The topological polar surface area (TPSA) is 45.8 Å². The van der Waals surface area contributed by atoms with E-state index in [0.29, 0.717) is 5.92 Å². The van der Waals surface area contributed by atoms with Crippen LogP contribution in [0.4, 0.5) is 0 Å². The van der Waals surface area contributed by atoms with E-state index in [2.05, 4.69) is 23.8 Å². The van der Waals surface area contributed by atoms with Gasteiger partial charge >= 0.3 is 0 Å². The van der Waals surface area contributed by atoms with Crippen molar-refractivity contribution >= 4 is 16.8 Å². The van der Waals surface area contributed by atoms with Gasteiger partial charge < -0.3 is 4.98 Å². The van der Waals surface area contributed by atoms with E-state index in [4.69, 9.17) is 0 Å². The van der Waals surface area contributed by atoms with Gasteiger partial charge in [0.2, 0.25) is 0 Å². The molecule has 0 amide bonds. The predicted octanol–water partition coefficient (Wildman–Crippen LogP) is 2.96. The predicted molar refractivity (Wildman–Crippen MR) is 64.6 cm³/mol. The molecule has 0 unspecified atom stereocenters. The fourth-order valence-electron chi connectivity index (χ4n) is 1.76. The van der Waals surface area contributed by atoms with Crippen molar-refractivity contribution in [3.8, 4) is 0 Å². The molecule has 0 saturated carbocycles. The summed E-state index contributed by atoms with van der Waals surface area (Å²) in [6.45, 7) is 5.90. The molecule has 1 N–H and O–H groups in total. The number of benzene rings is 1. The highest BCUT2D eigenvalue weighted by molar-refractivity contribution is 5.97. The third kappa shape index (κ3) is 2.13. The molecule has 3 nitrogen and oxygen atoms in total. The standard InChI is InChI=1S/C13H16N2O/c1-8(2)6-13-14-11-5-4-10(9(3)16)7-12(11)15-13/h4-5,7-8H,6H2,1-3H3,(H,14,15). The first kappa shape index (κ1) is 10.9. The van der Waals surface area contributed by atoms with Crippen molar-refractivity contribution in [3.05, 3.63) is 29.6 Å². The summed E-state index contributed by atoms with van der Waals surface area (Å²) in [7, 11) is 0. The minimum absolute atomic E-state index is 0.0851. The Kier molecular flexibility index (Phi) is 2.77. The van der Waals surface area contributed by atoms with Crippen molar-refractivity contribution < 1.29 is 4.79 Å². The number of fused-ring (bicyclic) bond motifs is 1. The highest BCUT2D eigenvalue weighted by Crippen LogP contribution is 2.15. The second-order valence-corrected chi connectivity index (χ2v) is 4.57. The van der Waals surface area contributed by atoms with Gasteiger partial charge in [-0.3, -0.25) is 4.79 Å². The van der Waals surface area contributed by atoms with Crippen molar-refractivity contribution in [1.82, 2.24) is 9.97 Å². The Morgan fingerprint density at radius 2 is 2.19 bits per heavy atom. The maximum absolute atomic E-state index is 11.2. The molecule has 1 aromatic carbocycles. The Morgan fingerprint density at radius 1 is 1.44 bits per heavy atom. The largest absolute Gasteiger partial charge is 0.342 e. The van der Waals surface area contributed by atoms with Crippen LogP contribution in [0, 0.1) is 5.92 Å². The van der Waals surface area contributed by atoms with E-state index in [1.807, 2.05) is 18.2 Å². The number of imidazole rings is 1. The Balaban J connectivity index is 2.42. The van der Waals surface area contributed by atoms with Crippen LogP contribution < -0.4 is 0 Å². The van der Waals surface area contributed by atoms with Crippen LogP contribution in [0.1, 0.15) is 37.0 Å². The normalized spacial score (nSPS) is 11.2. The van der Waals surface area contributed by atoms with Crippen molar-refractivity contribution in [2.45, 2.75) is 27.2 Å². The molecule has 0 aliphatic rings. The van der Waals surface area contributed by atoms with Crippen LogP contribution in [0.3, 0.4) is 0 Å². The van der Waals surface area contributed by atoms with Crippen LogP contribution in [-0.2, 0) is 6.42 Å². The molecule has 0 atom stereocenters. The molecule has 1 heterocycles. The molecule has 2 aromatic rings. The summed E-state index contributed by atoms with van der Waals surface area (Å²) in [5.74, 6) is 1.65. The lowest BCUT2D eigenvalue weighted by Crippen LogP contribution is -1.95. The molecule has 1 aromatic heterocycles. The van der Waals surface area contributed by atoms with Gasteiger partial charge in [-0.1, -0.05) is 13.8 Å². The molecule has 2 rings (SSSR count). The zero-order valence-corrected chi connectivity index (χ0v) is 9.87. The van der Waals surface area contributed by atoms with Crippen LogP contribution in [0.25, 0.3) is 11.0 Å². The van der Waals surface area contributed by atoms with Gasteiger partial charge in [-0.2, -0.15) is 0 Å². The second-order valence-electron chi connectivity index (χ2n) is 4.57. The number of aromatic amines is 1. The molecule has 0 fully saturated rings. The van der Waals surface area contributed by atoms with Crippen molar-refractivity contribution in [2.75, 3.05) is 0 Å². The van der Waals surface area contributed by atoms with Gasteiger partial charge in [0.05, 0.1) is 11.0 Å². The first-order valence-electron chi connectivity index (χ1n) is 5.56. The van der Waals surface area contributed by atoms with E-state index in [1.54, 1.807) is 6.92 Å². The zero-order valence-electron chi connectivity index (χ0n) is 9.87. The fourth-order valence-corrected chi connectivity index (χ4v) is 1.76. The molecule has 0 saturated heterocycles. The molecule has 3 heteroatoms. The molecular formula is C13H16N2O. The van der Waals surface area contributed by atoms with Gasteiger partial charge in [0, 0.05) is 12.0 Å². The van der Waals surface area contributed by atoms with E-state index in [0.717, 1.165) is 28.8 Å². The summed E-state index contributed by atoms with van der Waals surface area (Å²) in [6.07, 6.45) is 0.935. The van der Waals surface area contributed by atoms with Crippen LogP contribution in [0.2, 0.25) is 0 Å². The van der Waals surface area contributed by atoms with Gasteiger partial charge in [-0.25, -0.2) is 4.98 Å². The average molecular weight is 216 g/mol. The lowest BCUT2D eigenvalue weighted by molar-refractivity contribution is 0.101. The number of carbonyl (C=O) groups excluding carboxylic acids is 1. The van der Waals surface area contributed by atoms with Crippen LogP contribution in [0.15, 0.2) is 18.2 Å². The molecule has 0 spiro atoms. The number of nitrogens with zero attached hydrogens (tertiary/aromatic N) is 1. The Hall–Kier alpha value is -1.64. The lowest BCUT2D eigenvalue weighted by Gasteiger charge is -1.98. The molecule has 0 radical (unpaired) electrons. The van der Waals surface area contributed by atoms with Crippen LogP contribution >= 0.6 is 0 Å². The number of ketones is 1. The molecule has 84 valence electrons. The zero-order chi connectivity index (χ0) is 11.7. The van der Waals surface area contributed by atoms with Crippen LogP contribution in [0.5, 0.6) is 0 Å². The average Bonchev–Trinajstić information content (AvgIpc) is 2.56. The van der Waals surface area contributed by atoms with Gasteiger partial charge in [-0.05, 0) is 31.0 Å². The van der Waals surface area contributed by atoms with E-state index in [-0.39, 0.29) is 5.78 Å². The smallest absolute Gasteiger partial charge is 0.159 e. The first-order chi connectivity index (χ1) is 7.56. The summed E-state index contributed by atoms with van der Waals surface area (Å²) in [6, 6.07) is 5.59. The summed E-state index contributed by atoms with van der Waals surface area (Å²) in [5.41, 5.74) is 2.61. The monoisotopic (exact) mass is 216 g/mol. The number of H-pyrrole nitrogens is 1. The number of aromatic nitrogens is 2. The van der Waals surface area contributed by atoms with E-state index in [9.17, 15) is 4.79 Å². The highest BCUT2D eigenvalue weighted by atomic mass is 16.1. The molecule has 16 heavy (non-hydrogen) atoms. The molecule has 0 aliphatic heterocycles. The van der Waals surface area contributed by atoms with Crippen molar-refractivity contribution in [2.24, 2.45) is 5.92 Å². The minimum Gasteiger partial charge on any atom is -0.342 e. The molecular weight excluding hydrogens is 200 g/mol. The Labute approximate surface area is 94.9 Å². The van der Waals surface area contributed by atoms with E-state index >= 15 is 0 Å². The SMILES string of the molecule is CC(=O)c1ccc2nc(CC(C)C)[nH]c2c1. The number of hydrogen-bond acceptors (Lipinski definition) is 2. The number of carbonyl (C=O) groups is 1. The maximum Gasteiger partial charge on any atom is 0.159 e. The molecule has 0 aliphatic carbocycles. The van der Waals surface area contributed by atoms with Gasteiger partial charge in [0.15, 0.2) is 5.78 Å². The Morgan fingerprint density at radius 3 is 2.81 bits per heavy atom. The van der Waals surface area contributed by atoms with E-state index < -0.39 is 0 Å². The number of nitrogens with one attached hydrogen (secondary N) is 1. The summed E-state index contributed by atoms with van der Waals surface area (Å²) in [4.78, 5) is 19.0. The van der Waals surface area contributed by atoms with Gasteiger partial charge in [0.25, 0.3) is 0 Å². The van der Waals surface area contributed by atoms with Crippen molar-refractivity contribution in [3.63, 3.8) is 0 Å². The number of hydrogen-bond donors (Lipinski definition) is 1. The summed E-state index contributed by atoms with van der Waals surface area (Å²) in [5, 5.41) is 0. The first-order valence-corrected chi connectivity index (χ1v) is 5.56. The fraction of sp³-hybridized carbons (Fsp3) is 0.385. The molecule has 0 bridgehead atoms. The highest BCUT2D eigenvalue weighted by Gasteiger charge is 2.06. The van der Waals surface area contributed by atoms with Gasteiger partial charge in [-0.15, -0.1) is 0 Å². The minimum atomic E-state index is 0.0851. The number of rotatable bonds is 3. The second kappa shape index (κ2) is 4.08. The quantitative estimate of drug-likeness (QED) is 0.802. The maximum atomic E-state index is 11.2. The third-order valence-corrected chi connectivity index (χ3v) is 2.54. The van der Waals surface area contributed by atoms with E-state index in [1.165, 1.54) is 0 Å². The van der Waals surface area contributed by atoms with Crippen LogP contribution in [-0.4, -0.2) is 15.8 Å². The Bertz CT molecular complexity index is 526. The third-order valence-electron chi connectivity index (χ3n) is 2.54. The summed E-state index contributed by atoms with van der Waals surface area (Å²) < 4.78 is 0.